The number of pyridine rings is 1. The number of rotatable bonds is 6. The van der Waals surface area contributed by atoms with Gasteiger partial charge in [-0.3, -0.25) is 9.88 Å². The predicted molar refractivity (Wildman–Crippen MR) is 80.3 cm³/mol. The molecule has 106 valence electrons. The van der Waals surface area contributed by atoms with Crippen molar-refractivity contribution in [3.63, 3.8) is 0 Å². The van der Waals surface area contributed by atoms with Crippen molar-refractivity contribution in [1.29, 1.82) is 0 Å². The molecular weight excluding hydrogens is 234 g/mol. The number of likely N-dealkylation sites (tertiary alicyclic amines) is 1. The first-order valence-corrected chi connectivity index (χ1v) is 7.67. The average molecular weight is 261 g/mol. The number of nitrogens with one attached hydrogen (secondary N) is 1. The molecule has 1 saturated heterocycles. The Labute approximate surface area is 117 Å². The summed E-state index contributed by atoms with van der Waals surface area (Å²) in [4.78, 5) is 6.76. The van der Waals surface area contributed by atoms with E-state index >= 15 is 0 Å². The van der Waals surface area contributed by atoms with Gasteiger partial charge in [0.2, 0.25) is 0 Å². The standard InChI is InChI=1S/C16H27N3/c1-3-18-14(2)16-6-4-5-12-19(16)13-9-15-7-10-17-11-8-15/h7-8,10-11,14,16,18H,3-6,9,12-13H2,1-2H3. The molecule has 0 radical (unpaired) electrons. The smallest absolute Gasteiger partial charge is 0.0270 e. The molecule has 2 unspecified atom stereocenters. The highest BCUT2D eigenvalue weighted by Crippen LogP contribution is 2.20. The van der Waals surface area contributed by atoms with Crippen LogP contribution in [0.25, 0.3) is 0 Å². The van der Waals surface area contributed by atoms with Gasteiger partial charge in [0.05, 0.1) is 0 Å². The molecule has 2 rings (SSSR count). The summed E-state index contributed by atoms with van der Waals surface area (Å²) in [6.07, 6.45) is 8.99. The van der Waals surface area contributed by atoms with E-state index in [1.54, 1.807) is 0 Å². The Hall–Kier alpha value is -0.930. The maximum absolute atomic E-state index is 4.08. The largest absolute Gasteiger partial charge is 0.313 e. The molecule has 0 bridgehead atoms. The fraction of sp³-hybridized carbons (Fsp3) is 0.688. The van der Waals surface area contributed by atoms with Crippen molar-refractivity contribution >= 4 is 0 Å². The first-order chi connectivity index (χ1) is 9.31. The van der Waals surface area contributed by atoms with Crippen molar-refractivity contribution in [2.75, 3.05) is 19.6 Å². The van der Waals surface area contributed by atoms with Crippen LogP contribution in [-0.4, -0.2) is 41.6 Å². The molecule has 3 nitrogen and oxygen atoms in total. The van der Waals surface area contributed by atoms with E-state index in [4.69, 9.17) is 0 Å². The average Bonchev–Trinajstić information content (AvgIpc) is 2.47. The monoisotopic (exact) mass is 261 g/mol. The maximum Gasteiger partial charge on any atom is 0.0270 e. The molecule has 1 fully saturated rings. The molecule has 1 N–H and O–H groups in total. The molecule has 1 aliphatic rings. The van der Waals surface area contributed by atoms with E-state index in [0.29, 0.717) is 12.1 Å². The molecule has 1 aromatic rings. The van der Waals surface area contributed by atoms with Crippen LogP contribution in [0.4, 0.5) is 0 Å². The second-order valence-electron chi connectivity index (χ2n) is 5.55. The zero-order valence-corrected chi connectivity index (χ0v) is 12.3. The van der Waals surface area contributed by atoms with E-state index in [0.717, 1.165) is 13.0 Å². The van der Waals surface area contributed by atoms with Crippen molar-refractivity contribution in [3.8, 4) is 0 Å². The molecule has 1 aliphatic heterocycles. The Kier molecular flexibility index (Phi) is 5.80. The topological polar surface area (TPSA) is 28.2 Å². The lowest BCUT2D eigenvalue weighted by molar-refractivity contribution is 0.121. The van der Waals surface area contributed by atoms with E-state index in [1.807, 2.05) is 12.4 Å². The second-order valence-corrected chi connectivity index (χ2v) is 5.55. The van der Waals surface area contributed by atoms with E-state index in [9.17, 15) is 0 Å². The second kappa shape index (κ2) is 7.61. The third kappa shape index (κ3) is 4.29. The highest BCUT2D eigenvalue weighted by Gasteiger charge is 2.26. The molecule has 2 atom stereocenters. The van der Waals surface area contributed by atoms with Gasteiger partial charge in [0.25, 0.3) is 0 Å². The lowest BCUT2D eigenvalue weighted by atomic mass is 9.96. The number of aromatic nitrogens is 1. The Balaban J connectivity index is 1.88. The van der Waals surface area contributed by atoms with Gasteiger partial charge in [0.15, 0.2) is 0 Å². The van der Waals surface area contributed by atoms with Crippen LogP contribution >= 0.6 is 0 Å². The van der Waals surface area contributed by atoms with Crippen LogP contribution < -0.4 is 5.32 Å². The van der Waals surface area contributed by atoms with E-state index < -0.39 is 0 Å². The third-order valence-corrected chi connectivity index (χ3v) is 4.20. The highest BCUT2D eigenvalue weighted by molar-refractivity contribution is 5.10. The van der Waals surface area contributed by atoms with Gasteiger partial charge < -0.3 is 5.32 Å². The quantitative estimate of drug-likeness (QED) is 0.852. The fourth-order valence-electron chi connectivity index (χ4n) is 3.14. The first-order valence-electron chi connectivity index (χ1n) is 7.67. The van der Waals surface area contributed by atoms with Gasteiger partial charge in [-0.1, -0.05) is 13.3 Å². The van der Waals surface area contributed by atoms with Gasteiger partial charge in [0, 0.05) is 31.0 Å². The van der Waals surface area contributed by atoms with Crippen molar-refractivity contribution in [3.05, 3.63) is 30.1 Å². The lowest BCUT2D eigenvalue weighted by Gasteiger charge is -2.39. The minimum absolute atomic E-state index is 0.600. The van der Waals surface area contributed by atoms with Gasteiger partial charge in [-0.2, -0.15) is 0 Å². The Morgan fingerprint density at radius 2 is 2.16 bits per heavy atom. The summed E-state index contributed by atoms with van der Waals surface area (Å²) in [5, 5.41) is 3.59. The van der Waals surface area contributed by atoms with Crippen molar-refractivity contribution in [1.82, 2.24) is 15.2 Å². The molecule has 3 heteroatoms. The molecule has 0 saturated carbocycles. The van der Waals surface area contributed by atoms with Gasteiger partial charge in [-0.15, -0.1) is 0 Å². The lowest BCUT2D eigenvalue weighted by Crippen LogP contribution is -2.51. The van der Waals surface area contributed by atoms with Crippen LogP contribution in [0.15, 0.2) is 24.5 Å². The third-order valence-electron chi connectivity index (χ3n) is 4.20. The zero-order chi connectivity index (χ0) is 13.5. The molecule has 0 spiro atoms. The number of nitrogens with zero attached hydrogens (tertiary/aromatic N) is 2. The van der Waals surface area contributed by atoms with E-state index in [2.05, 4.69) is 41.2 Å². The number of hydrogen-bond donors (Lipinski definition) is 1. The van der Waals surface area contributed by atoms with Crippen molar-refractivity contribution in [2.24, 2.45) is 0 Å². The summed E-state index contributed by atoms with van der Waals surface area (Å²) in [6, 6.07) is 5.57. The molecular formula is C16H27N3. The SMILES string of the molecule is CCNC(C)C1CCCCN1CCc1ccncc1. The van der Waals surface area contributed by atoms with Crippen LogP contribution in [0.1, 0.15) is 38.7 Å². The molecule has 2 heterocycles. The molecule has 1 aromatic heterocycles. The first kappa shape index (κ1) is 14.5. The molecule has 0 amide bonds. The Morgan fingerprint density at radius 3 is 2.89 bits per heavy atom. The molecule has 0 aromatic carbocycles. The summed E-state index contributed by atoms with van der Waals surface area (Å²) in [5.41, 5.74) is 1.40. The van der Waals surface area contributed by atoms with E-state index in [1.165, 1.54) is 37.9 Å². The minimum atomic E-state index is 0.600. The van der Waals surface area contributed by atoms with Crippen molar-refractivity contribution in [2.45, 2.75) is 51.6 Å². The van der Waals surface area contributed by atoms with Gasteiger partial charge in [-0.05, 0) is 57.0 Å². The van der Waals surface area contributed by atoms with Crippen LogP contribution in [0.5, 0.6) is 0 Å². The van der Waals surface area contributed by atoms with Crippen LogP contribution in [-0.2, 0) is 6.42 Å². The van der Waals surface area contributed by atoms with Gasteiger partial charge >= 0.3 is 0 Å². The van der Waals surface area contributed by atoms with Gasteiger partial charge in [-0.25, -0.2) is 0 Å². The van der Waals surface area contributed by atoms with Crippen molar-refractivity contribution < 1.29 is 0 Å². The fourth-order valence-corrected chi connectivity index (χ4v) is 3.14. The van der Waals surface area contributed by atoms with E-state index in [-0.39, 0.29) is 0 Å². The van der Waals surface area contributed by atoms with Crippen LogP contribution in [0.3, 0.4) is 0 Å². The Bertz CT molecular complexity index is 352. The zero-order valence-electron chi connectivity index (χ0n) is 12.3. The molecule has 0 aliphatic carbocycles. The number of hydrogen-bond acceptors (Lipinski definition) is 3. The normalized spacial score (nSPS) is 22.3. The summed E-state index contributed by atoms with van der Waals surface area (Å²) < 4.78 is 0. The van der Waals surface area contributed by atoms with Crippen LogP contribution in [0.2, 0.25) is 0 Å². The summed E-state index contributed by atoms with van der Waals surface area (Å²) in [5.74, 6) is 0. The number of piperidine rings is 1. The highest BCUT2D eigenvalue weighted by atomic mass is 15.2. The summed E-state index contributed by atoms with van der Waals surface area (Å²) in [6.45, 7) is 8.02. The van der Waals surface area contributed by atoms with Crippen LogP contribution in [0, 0.1) is 0 Å². The van der Waals surface area contributed by atoms with Gasteiger partial charge in [0.1, 0.15) is 0 Å². The Morgan fingerprint density at radius 1 is 1.37 bits per heavy atom. The summed E-state index contributed by atoms with van der Waals surface area (Å²) >= 11 is 0. The minimum Gasteiger partial charge on any atom is -0.313 e. The number of likely N-dealkylation sites (N-methyl/N-ethyl adjacent to an activating group) is 1. The predicted octanol–water partition coefficient (Wildman–Crippen LogP) is 2.48. The summed E-state index contributed by atoms with van der Waals surface area (Å²) in [7, 11) is 0. The molecule has 19 heavy (non-hydrogen) atoms. The maximum atomic E-state index is 4.08.